The number of fused-ring (bicyclic) bond motifs is 1. The third-order valence-corrected chi connectivity index (χ3v) is 4.16. The number of hydrogen-bond acceptors (Lipinski definition) is 5. The quantitative estimate of drug-likeness (QED) is 0.794. The Labute approximate surface area is 136 Å². The molecule has 3 aromatic rings. The van der Waals surface area contributed by atoms with Crippen LogP contribution in [0.3, 0.4) is 0 Å². The van der Waals surface area contributed by atoms with Gasteiger partial charge in [-0.05, 0) is 38.3 Å². The number of hydrogen-bond donors (Lipinski definition) is 1. The van der Waals surface area contributed by atoms with E-state index >= 15 is 0 Å². The van der Waals surface area contributed by atoms with Crippen LogP contribution in [-0.4, -0.2) is 26.8 Å². The van der Waals surface area contributed by atoms with Gasteiger partial charge in [0.25, 0.3) is 5.91 Å². The Morgan fingerprint density at radius 1 is 1.22 bits per heavy atom. The molecule has 118 valence electrons. The molecule has 0 unspecified atom stereocenters. The molecular formula is C16H15FN4OS. The standard InChI is InChI=1S/C16H15FN4OS/c1-9-20-21-14(23-9)10-4-5-11-8-18-13(7-12(11)6-10)19-15(22)16(2,3)17/h4-8H,1-3H3,(H,18,19,22). The third-order valence-electron chi connectivity index (χ3n) is 3.28. The number of nitrogens with one attached hydrogen (secondary N) is 1. The van der Waals surface area contributed by atoms with Gasteiger partial charge in [-0.3, -0.25) is 4.79 Å². The van der Waals surface area contributed by atoms with Crippen LogP contribution in [0.1, 0.15) is 18.9 Å². The Morgan fingerprint density at radius 3 is 2.65 bits per heavy atom. The number of carbonyl (C=O) groups excluding carboxylic acids is 1. The molecule has 1 N–H and O–H groups in total. The first kappa shape index (κ1) is 15.5. The molecule has 7 heteroatoms. The molecule has 5 nitrogen and oxygen atoms in total. The fraction of sp³-hybridized carbons (Fsp3) is 0.250. The molecule has 2 aromatic heterocycles. The van der Waals surface area contributed by atoms with E-state index in [4.69, 9.17) is 0 Å². The van der Waals surface area contributed by atoms with Gasteiger partial charge in [0.15, 0.2) is 5.67 Å². The molecule has 2 heterocycles. The first-order chi connectivity index (χ1) is 10.8. The normalized spacial score (nSPS) is 11.7. The van der Waals surface area contributed by atoms with Crippen molar-refractivity contribution in [2.24, 2.45) is 0 Å². The summed E-state index contributed by atoms with van der Waals surface area (Å²) in [5, 5.41) is 14.2. The minimum Gasteiger partial charge on any atom is -0.308 e. The number of rotatable bonds is 3. The predicted molar refractivity (Wildman–Crippen MR) is 89.2 cm³/mol. The van der Waals surface area contributed by atoms with E-state index < -0.39 is 11.6 Å². The second-order valence-corrected chi connectivity index (χ2v) is 6.87. The van der Waals surface area contributed by atoms with E-state index in [1.54, 1.807) is 12.3 Å². The highest BCUT2D eigenvalue weighted by atomic mass is 32.1. The molecule has 1 amide bonds. The van der Waals surface area contributed by atoms with E-state index in [9.17, 15) is 9.18 Å². The van der Waals surface area contributed by atoms with Crippen LogP contribution in [0.2, 0.25) is 0 Å². The van der Waals surface area contributed by atoms with Crippen molar-refractivity contribution in [2.75, 3.05) is 5.32 Å². The molecule has 1 aromatic carbocycles. The van der Waals surface area contributed by atoms with Crippen molar-refractivity contribution in [3.8, 4) is 10.6 Å². The van der Waals surface area contributed by atoms with E-state index in [-0.39, 0.29) is 0 Å². The Balaban J connectivity index is 1.96. The lowest BCUT2D eigenvalue weighted by atomic mass is 10.1. The summed E-state index contributed by atoms with van der Waals surface area (Å²) in [6, 6.07) is 7.55. The van der Waals surface area contributed by atoms with Crippen LogP contribution >= 0.6 is 11.3 Å². The highest BCUT2D eigenvalue weighted by Crippen LogP contribution is 2.27. The van der Waals surface area contributed by atoms with Gasteiger partial charge in [-0.2, -0.15) is 0 Å². The first-order valence-corrected chi connectivity index (χ1v) is 7.85. The summed E-state index contributed by atoms with van der Waals surface area (Å²) in [6.07, 6.45) is 1.64. The Morgan fingerprint density at radius 2 is 2.00 bits per heavy atom. The van der Waals surface area contributed by atoms with E-state index in [0.29, 0.717) is 5.82 Å². The minimum atomic E-state index is -1.96. The highest BCUT2D eigenvalue weighted by molar-refractivity contribution is 7.14. The largest absolute Gasteiger partial charge is 0.308 e. The monoisotopic (exact) mass is 330 g/mol. The maximum Gasteiger partial charge on any atom is 0.262 e. The number of nitrogens with zero attached hydrogens (tertiary/aromatic N) is 3. The van der Waals surface area contributed by atoms with Crippen LogP contribution in [0, 0.1) is 6.92 Å². The van der Waals surface area contributed by atoms with Gasteiger partial charge in [0.2, 0.25) is 0 Å². The van der Waals surface area contributed by atoms with Crippen molar-refractivity contribution in [3.63, 3.8) is 0 Å². The van der Waals surface area contributed by atoms with E-state index in [1.165, 1.54) is 25.2 Å². The van der Waals surface area contributed by atoms with Gasteiger partial charge < -0.3 is 5.32 Å². The van der Waals surface area contributed by atoms with E-state index in [2.05, 4.69) is 20.5 Å². The number of aryl methyl sites for hydroxylation is 1. The summed E-state index contributed by atoms with van der Waals surface area (Å²) in [4.78, 5) is 15.9. The summed E-state index contributed by atoms with van der Waals surface area (Å²) in [7, 11) is 0. The lowest BCUT2D eigenvalue weighted by molar-refractivity contribution is -0.125. The number of carbonyl (C=O) groups is 1. The average Bonchev–Trinajstić information content (AvgIpc) is 2.92. The number of pyridine rings is 1. The van der Waals surface area contributed by atoms with Crippen LogP contribution < -0.4 is 5.32 Å². The Bertz CT molecular complexity index is 885. The molecule has 0 radical (unpaired) electrons. The molecule has 0 fully saturated rings. The van der Waals surface area contributed by atoms with Crippen LogP contribution in [-0.2, 0) is 4.79 Å². The molecule has 23 heavy (non-hydrogen) atoms. The summed E-state index contributed by atoms with van der Waals surface area (Å²) in [5.74, 6) is -0.404. The van der Waals surface area contributed by atoms with Crippen LogP contribution in [0.5, 0.6) is 0 Å². The summed E-state index contributed by atoms with van der Waals surface area (Å²) in [6.45, 7) is 4.32. The van der Waals surface area contributed by atoms with Gasteiger partial charge in [-0.1, -0.05) is 23.5 Å². The van der Waals surface area contributed by atoms with Crippen molar-refractivity contribution >= 4 is 33.8 Å². The number of anilines is 1. The zero-order valence-corrected chi connectivity index (χ0v) is 13.7. The number of amides is 1. The maximum atomic E-state index is 13.6. The third kappa shape index (κ3) is 3.34. The smallest absolute Gasteiger partial charge is 0.262 e. The molecule has 0 bridgehead atoms. The number of benzene rings is 1. The summed E-state index contributed by atoms with van der Waals surface area (Å²) >= 11 is 1.51. The number of aromatic nitrogens is 3. The molecule has 0 aliphatic carbocycles. The van der Waals surface area contributed by atoms with Crippen molar-refractivity contribution in [2.45, 2.75) is 26.4 Å². The molecule has 0 aliphatic rings. The molecule has 3 rings (SSSR count). The average molecular weight is 330 g/mol. The van der Waals surface area contributed by atoms with Crippen molar-refractivity contribution in [3.05, 3.63) is 35.5 Å². The SMILES string of the molecule is Cc1nnc(-c2ccc3cnc(NC(=O)C(C)(C)F)cc3c2)s1. The van der Waals surface area contributed by atoms with Gasteiger partial charge in [0.05, 0.1) is 0 Å². The number of alkyl halides is 1. The number of halogens is 1. The van der Waals surface area contributed by atoms with Gasteiger partial charge in [0, 0.05) is 17.1 Å². The second kappa shape index (κ2) is 5.66. The molecule has 0 spiro atoms. The van der Waals surface area contributed by atoms with Gasteiger partial charge >= 0.3 is 0 Å². The lowest BCUT2D eigenvalue weighted by Crippen LogP contribution is -2.32. The zero-order valence-electron chi connectivity index (χ0n) is 12.9. The summed E-state index contributed by atoms with van der Waals surface area (Å²) in [5.41, 5.74) is -1.01. The fourth-order valence-electron chi connectivity index (χ4n) is 2.02. The maximum absolute atomic E-state index is 13.6. The van der Waals surface area contributed by atoms with Gasteiger partial charge in [0.1, 0.15) is 15.8 Å². The van der Waals surface area contributed by atoms with Crippen molar-refractivity contribution < 1.29 is 9.18 Å². The van der Waals surface area contributed by atoms with E-state index in [0.717, 1.165) is 26.4 Å². The van der Waals surface area contributed by atoms with Crippen molar-refractivity contribution in [1.29, 1.82) is 0 Å². The second-order valence-electron chi connectivity index (χ2n) is 5.68. The molecule has 0 atom stereocenters. The zero-order chi connectivity index (χ0) is 16.6. The van der Waals surface area contributed by atoms with Crippen LogP contribution in [0.25, 0.3) is 21.3 Å². The lowest BCUT2D eigenvalue weighted by Gasteiger charge is -2.13. The first-order valence-electron chi connectivity index (χ1n) is 7.03. The fourth-order valence-corrected chi connectivity index (χ4v) is 2.71. The van der Waals surface area contributed by atoms with Crippen LogP contribution in [0.15, 0.2) is 30.5 Å². The van der Waals surface area contributed by atoms with Crippen molar-refractivity contribution in [1.82, 2.24) is 15.2 Å². The molecule has 0 saturated carbocycles. The molecule has 0 saturated heterocycles. The Hall–Kier alpha value is -2.41. The molecular weight excluding hydrogens is 315 g/mol. The summed E-state index contributed by atoms with van der Waals surface area (Å²) < 4.78 is 13.6. The molecule has 0 aliphatic heterocycles. The topological polar surface area (TPSA) is 67.8 Å². The van der Waals surface area contributed by atoms with Crippen LogP contribution in [0.4, 0.5) is 10.2 Å². The van der Waals surface area contributed by atoms with Gasteiger partial charge in [-0.25, -0.2) is 9.37 Å². The predicted octanol–water partition coefficient (Wildman–Crippen LogP) is 3.75. The Kier molecular flexibility index (Phi) is 3.81. The van der Waals surface area contributed by atoms with Gasteiger partial charge in [-0.15, -0.1) is 10.2 Å². The van der Waals surface area contributed by atoms with E-state index in [1.807, 2.05) is 25.1 Å². The minimum absolute atomic E-state index is 0.318. The highest BCUT2D eigenvalue weighted by Gasteiger charge is 2.26.